The number of para-hydroxylation sites is 2. The van der Waals surface area contributed by atoms with Gasteiger partial charge in [-0.25, -0.2) is 0 Å². The molecule has 0 radical (unpaired) electrons. The molecule has 0 aliphatic heterocycles. The van der Waals surface area contributed by atoms with Crippen molar-refractivity contribution in [2.75, 3.05) is 4.90 Å². The molecule has 0 unspecified atom stereocenters. The molecular formula is C38H25NO. The second kappa shape index (κ2) is 9.14. The lowest BCUT2D eigenvalue weighted by atomic mass is 9.99. The Hall–Kier alpha value is -5.34. The average molecular weight is 512 g/mol. The minimum Gasteiger partial charge on any atom is -0.456 e. The van der Waals surface area contributed by atoms with Crippen molar-refractivity contribution >= 4 is 60.5 Å². The lowest BCUT2D eigenvalue weighted by Gasteiger charge is -2.27. The van der Waals surface area contributed by atoms with Gasteiger partial charge in [0.2, 0.25) is 0 Å². The lowest BCUT2D eigenvalue weighted by molar-refractivity contribution is 0.669. The fourth-order valence-corrected chi connectivity index (χ4v) is 5.93. The van der Waals surface area contributed by atoms with Crippen LogP contribution in [0.1, 0.15) is 0 Å². The summed E-state index contributed by atoms with van der Waals surface area (Å²) in [6.45, 7) is 0. The smallest absolute Gasteiger partial charge is 0.138 e. The highest BCUT2D eigenvalue weighted by Crippen LogP contribution is 2.44. The van der Waals surface area contributed by atoms with Crippen LogP contribution in [-0.2, 0) is 0 Å². The van der Waals surface area contributed by atoms with E-state index in [9.17, 15) is 0 Å². The van der Waals surface area contributed by atoms with E-state index in [0.717, 1.165) is 39.0 Å². The summed E-state index contributed by atoms with van der Waals surface area (Å²) in [5.74, 6) is 0. The summed E-state index contributed by atoms with van der Waals surface area (Å²) in [4.78, 5) is 2.33. The highest BCUT2D eigenvalue weighted by Gasteiger charge is 2.20. The summed E-state index contributed by atoms with van der Waals surface area (Å²) < 4.78 is 6.41. The zero-order valence-electron chi connectivity index (χ0n) is 21.8. The third-order valence-corrected chi connectivity index (χ3v) is 7.83. The number of hydrogen-bond acceptors (Lipinski definition) is 2. The van der Waals surface area contributed by atoms with E-state index in [4.69, 9.17) is 4.42 Å². The number of nitrogens with zero attached hydrogens (tertiary/aromatic N) is 1. The normalized spacial score (nSPS) is 11.5. The molecule has 0 aliphatic rings. The molecule has 2 heteroatoms. The standard InChI is InChI=1S/C38H25NO/c1-2-12-30(13-3-1)39(31-22-20-27(21-23-31)29-19-18-26-10-4-5-11-28(26)24-29)35-25-37-38(33-15-7-6-14-32(33)35)34-16-8-9-17-36(34)40-37/h1-25H. The fourth-order valence-electron chi connectivity index (χ4n) is 5.93. The van der Waals surface area contributed by atoms with E-state index in [0.29, 0.717) is 0 Å². The van der Waals surface area contributed by atoms with Crippen LogP contribution in [-0.4, -0.2) is 0 Å². The van der Waals surface area contributed by atoms with Crippen molar-refractivity contribution in [3.8, 4) is 11.1 Å². The van der Waals surface area contributed by atoms with Gasteiger partial charge in [0.05, 0.1) is 5.69 Å². The number of hydrogen-bond donors (Lipinski definition) is 0. The third-order valence-electron chi connectivity index (χ3n) is 7.83. The Morgan fingerprint density at radius 2 is 1.02 bits per heavy atom. The van der Waals surface area contributed by atoms with Crippen molar-refractivity contribution in [2.24, 2.45) is 0 Å². The van der Waals surface area contributed by atoms with Crippen molar-refractivity contribution < 1.29 is 4.42 Å². The van der Waals surface area contributed by atoms with Crippen molar-refractivity contribution in [3.63, 3.8) is 0 Å². The van der Waals surface area contributed by atoms with Crippen molar-refractivity contribution in [1.82, 2.24) is 0 Å². The summed E-state index contributed by atoms with van der Waals surface area (Å²) in [7, 11) is 0. The Morgan fingerprint density at radius 1 is 0.400 bits per heavy atom. The summed E-state index contributed by atoms with van der Waals surface area (Å²) >= 11 is 0. The first kappa shape index (κ1) is 22.6. The molecule has 8 aromatic rings. The zero-order valence-corrected chi connectivity index (χ0v) is 21.8. The Bertz CT molecular complexity index is 2160. The first-order valence-electron chi connectivity index (χ1n) is 13.6. The van der Waals surface area contributed by atoms with Gasteiger partial charge in [-0.1, -0.05) is 109 Å². The maximum atomic E-state index is 6.41. The predicted octanol–water partition coefficient (Wildman–Crippen LogP) is 11.0. The Balaban J connectivity index is 1.32. The molecule has 0 fully saturated rings. The minimum atomic E-state index is 0.892. The molecule has 1 aromatic heterocycles. The monoisotopic (exact) mass is 511 g/mol. The van der Waals surface area contributed by atoms with Crippen molar-refractivity contribution in [3.05, 3.63) is 152 Å². The second-order valence-corrected chi connectivity index (χ2v) is 10.2. The summed E-state index contributed by atoms with van der Waals surface area (Å²) in [5.41, 5.74) is 7.49. The largest absolute Gasteiger partial charge is 0.456 e. The van der Waals surface area contributed by atoms with E-state index >= 15 is 0 Å². The van der Waals surface area contributed by atoms with Crippen LogP contribution in [0.25, 0.3) is 54.6 Å². The highest BCUT2D eigenvalue weighted by molar-refractivity contribution is 6.22. The van der Waals surface area contributed by atoms with Crippen LogP contribution < -0.4 is 4.90 Å². The van der Waals surface area contributed by atoms with Crippen LogP contribution in [0.2, 0.25) is 0 Å². The van der Waals surface area contributed by atoms with Crippen molar-refractivity contribution in [1.29, 1.82) is 0 Å². The molecule has 7 aromatic carbocycles. The van der Waals surface area contributed by atoms with Gasteiger partial charge in [0.15, 0.2) is 0 Å². The summed E-state index contributed by atoms with van der Waals surface area (Å²) in [6.07, 6.45) is 0. The lowest BCUT2D eigenvalue weighted by Crippen LogP contribution is -2.10. The molecule has 0 aliphatic carbocycles. The molecule has 0 amide bonds. The number of furan rings is 1. The van der Waals surface area contributed by atoms with Gasteiger partial charge >= 0.3 is 0 Å². The number of rotatable bonds is 4. The van der Waals surface area contributed by atoms with Crippen molar-refractivity contribution in [2.45, 2.75) is 0 Å². The van der Waals surface area contributed by atoms with E-state index < -0.39 is 0 Å². The molecular weight excluding hydrogens is 486 g/mol. The van der Waals surface area contributed by atoms with E-state index in [1.807, 2.05) is 12.1 Å². The molecule has 1 heterocycles. The number of anilines is 3. The summed E-state index contributed by atoms with van der Waals surface area (Å²) in [5, 5.41) is 7.19. The van der Waals surface area contributed by atoms with Crippen LogP contribution in [0.3, 0.4) is 0 Å². The van der Waals surface area contributed by atoms with Gasteiger partial charge in [-0.15, -0.1) is 0 Å². The Labute approximate surface area is 232 Å². The van der Waals surface area contributed by atoms with E-state index in [1.54, 1.807) is 0 Å². The maximum Gasteiger partial charge on any atom is 0.138 e. The predicted molar refractivity (Wildman–Crippen MR) is 169 cm³/mol. The van der Waals surface area contributed by atoms with Gasteiger partial charge in [0.25, 0.3) is 0 Å². The highest BCUT2D eigenvalue weighted by atomic mass is 16.3. The Morgan fingerprint density at radius 3 is 1.85 bits per heavy atom. The van der Waals surface area contributed by atoms with Gasteiger partial charge in [-0.3, -0.25) is 0 Å². The molecule has 2 nitrogen and oxygen atoms in total. The van der Waals surface area contributed by atoms with Gasteiger partial charge in [0, 0.05) is 33.6 Å². The SMILES string of the molecule is c1ccc(N(c2ccc(-c3ccc4ccccc4c3)cc2)c2cc3oc4ccccc4c3c3ccccc23)cc1. The van der Waals surface area contributed by atoms with Crippen LogP contribution >= 0.6 is 0 Å². The van der Waals surface area contributed by atoms with E-state index in [1.165, 1.54) is 32.7 Å². The number of benzene rings is 7. The average Bonchev–Trinajstić information content (AvgIpc) is 3.41. The Kier molecular flexibility index (Phi) is 5.17. The minimum absolute atomic E-state index is 0.892. The topological polar surface area (TPSA) is 16.4 Å². The molecule has 40 heavy (non-hydrogen) atoms. The third kappa shape index (κ3) is 3.65. The zero-order chi connectivity index (χ0) is 26.5. The molecule has 0 saturated carbocycles. The molecule has 0 spiro atoms. The van der Waals surface area contributed by atoms with E-state index in [-0.39, 0.29) is 0 Å². The molecule has 8 rings (SSSR count). The molecule has 0 atom stereocenters. The van der Waals surface area contributed by atoms with Gasteiger partial charge in [-0.2, -0.15) is 0 Å². The molecule has 0 saturated heterocycles. The number of fused-ring (bicyclic) bond motifs is 6. The molecule has 0 N–H and O–H groups in total. The molecule has 188 valence electrons. The van der Waals surface area contributed by atoms with Crippen LogP contribution in [0.15, 0.2) is 156 Å². The maximum absolute atomic E-state index is 6.41. The van der Waals surface area contributed by atoms with Crippen LogP contribution in [0.5, 0.6) is 0 Å². The first-order chi connectivity index (χ1) is 19.8. The van der Waals surface area contributed by atoms with Crippen LogP contribution in [0.4, 0.5) is 17.1 Å². The quantitative estimate of drug-likeness (QED) is 0.234. The second-order valence-electron chi connectivity index (χ2n) is 10.2. The van der Waals surface area contributed by atoms with Crippen LogP contribution in [0, 0.1) is 0 Å². The first-order valence-corrected chi connectivity index (χ1v) is 13.6. The van der Waals surface area contributed by atoms with E-state index in [2.05, 4.69) is 144 Å². The fraction of sp³-hybridized carbons (Fsp3) is 0. The summed E-state index contributed by atoms with van der Waals surface area (Å²) in [6, 6.07) is 53.7. The molecule has 0 bridgehead atoms. The van der Waals surface area contributed by atoms with Gasteiger partial charge < -0.3 is 9.32 Å². The van der Waals surface area contributed by atoms with Gasteiger partial charge in [0.1, 0.15) is 11.2 Å². The van der Waals surface area contributed by atoms with Gasteiger partial charge in [-0.05, 0) is 63.7 Å².